The van der Waals surface area contributed by atoms with Crippen LogP contribution in [0.5, 0.6) is 34.5 Å². The highest BCUT2D eigenvalue weighted by Crippen LogP contribution is 2.55. The van der Waals surface area contributed by atoms with Gasteiger partial charge >= 0.3 is 30.0 Å². The summed E-state index contributed by atoms with van der Waals surface area (Å²) in [4.78, 5) is 27.2. The number of alkyl halides is 6. The summed E-state index contributed by atoms with van der Waals surface area (Å²) in [5, 5.41) is 17.6. The third-order valence-electron chi connectivity index (χ3n) is 14.8. The number of aliphatic imine (C=N–C) groups is 1. The van der Waals surface area contributed by atoms with E-state index in [0.29, 0.717) is 88.9 Å². The maximum atomic E-state index is 16.1. The van der Waals surface area contributed by atoms with Gasteiger partial charge in [-0.3, -0.25) is 9.13 Å². The lowest BCUT2D eigenvalue weighted by atomic mass is 9.96. The number of anilines is 1. The molecule has 9 aromatic rings. The molecule has 17 nitrogen and oxygen atoms in total. The van der Waals surface area contributed by atoms with Crippen LogP contribution in [0.25, 0.3) is 59.3 Å². The van der Waals surface area contributed by atoms with Gasteiger partial charge in [-0.15, -0.1) is 16.0 Å². The maximum Gasteiger partial charge on any atom is 0.423 e. The first-order valence-electron chi connectivity index (χ1n) is 24.0. The molecule has 3 aromatic heterocycles. The number of amidine groups is 3. The monoisotopic (exact) mass is 1100 g/mol. The molecule has 0 saturated carbocycles. The van der Waals surface area contributed by atoms with E-state index < -0.39 is 51.4 Å². The average Bonchev–Trinajstić information content (AvgIpc) is 4.29. The molecule has 24 heteroatoms. The number of fused-ring (bicyclic) bond motifs is 19. The van der Waals surface area contributed by atoms with E-state index >= 15 is 13.2 Å². The molecule has 0 amide bonds. The Balaban J connectivity index is 1.33. The van der Waals surface area contributed by atoms with E-state index in [1.807, 2.05) is 60.1 Å². The highest BCUT2D eigenvalue weighted by molar-refractivity contribution is 7.20. The molecule has 7 heterocycles. The van der Waals surface area contributed by atoms with Crippen LogP contribution in [0, 0.1) is 0 Å². The molecule has 13 rings (SSSR count). The van der Waals surface area contributed by atoms with E-state index in [1.165, 1.54) is 44.7 Å². The minimum atomic E-state index is -5.56. The molecule has 79 heavy (non-hydrogen) atoms. The van der Waals surface area contributed by atoms with Gasteiger partial charge in [0.2, 0.25) is 6.17 Å². The number of aromatic nitrogens is 2. The number of halogens is 6. The Labute approximate surface area is 445 Å². The smallest absolute Gasteiger partial charge is 0.423 e. The number of hydrogen-bond donors (Lipinski definition) is 3. The van der Waals surface area contributed by atoms with Crippen LogP contribution >= 0.6 is 11.3 Å². The van der Waals surface area contributed by atoms with E-state index in [4.69, 9.17) is 43.4 Å². The Morgan fingerprint density at radius 1 is 0.633 bits per heavy atom. The summed E-state index contributed by atoms with van der Waals surface area (Å²) in [6.45, 7) is 0. The third-order valence-corrected chi connectivity index (χ3v) is 15.9. The van der Waals surface area contributed by atoms with Gasteiger partial charge in [-0.25, -0.2) is 4.79 Å². The Morgan fingerprint density at radius 2 is 1.13 bits per heavy atom. The van der Waals surface area contributed by atoms with Crippen LogP contribution in [0.3, 0.4) is 0 Å². The van der Waals surface area contributed by atoms with Crippen molar-refractivity contribution in [2.24, 2.45) is 29.1 Å². The zero-order valence-electron chi connectivity index (χ0n) is 42.7. The lowest BCUT2D eigenvalue weighted by Gasteiger charge is -2.22. The van der Waals surface area contributed by atoms with Gasteiger partial charge in [-0.1, -0.05) is 78.3 Å². The van der Waals surface area contributed by atoms with Crippen LogP contribution in [0.15, 0.2) is 93.3 Å². The molecule has 3 N–H and O–H groups in total. The van der Waals surface area contributed by atoms with Crippen LogP contribution in [-0.4, -0.2) is 95.9 Å². The molecule has 1 unspecified atom stereocenters. The second-order valence-electron chi connectivity index (χ2n) is 18.6. The van der Waals surface area contributed by atoms with Crippen LogP contribution in [-0.2, 0) is 25.1 Å². The predicted octanol–water partition coefficient (Wildman–Crippen LogP) is 9.41. The summed E-state index contributed by atoms with van der Waals surface area (Å²) in [7, 11) is 12.2. The lowest BCUT2D eigenvalue weighted by molar-refractivity contribution is -0.786. The molecule has 0 aliphatic carbocycles. The van der Waals surface area contributed by atoms with Gasteiger partial charge < -0.3 is 38.8 Å². The highest BCUT2D eigenvalue weighted by atomic mass is 32.1. The number of benzene rings is 6. The van der Waals surface area contributed by atoms with Gasteiger partial charge in [-0.05, 0) is 20.7 Å². The first-order chi connectivity index (χ1) is 37.9. The van der Waals surface area contributed by atoms with Crippen LogP contribution in [0.1, 0.15) is 38.9 Å². The molecule has 0 spiro atoms. The SMILES string of the molecule is COc1c2c(c(OC)c3ccccc13)C1=[N+]3N[N+]4=C(N=c5c6c(C(F)(F)F)c(C=C(C(=O)O)C(F)(F)F)sc6c(n5C)=N1)c1c(c(OC)c5ccccc5c1OC)C4Nc1c4c(OC)c5ccccc5c(OC)c4c(n1C)N=C23. The summed E-state index contributed by atoms with van der Waals surface area (Å²) in [5.74, 6) is 0.229. The fraction of sp³-hybridized carbons (Fsp3) is 0.200. The number of aliphatic carboxylic acids is 1. The number of hydrogen-bond acceptors (Lipinski definition) is 13. The minimum absolute atomic E-state index is 0.00737. The normalized spacial score (nSPS) is 15.6. The van der Waals surface area contributed by atoms with E-state index in [2.05, 4.69) is 10.9 Å². The van der Waals surface area contributed by atoms with Crippen molar-refractivity contribution in [1.82, 2.24) is 14.7 Å². The molecular formula is C55H41F6N9O8S+2. The predicted molar refractivity (Wildman–Crippen MR) is 282 cm³/mol. The molecule has 0 radical (unpaired) electrons. The Bertz CT molecular complexity index is 4570. The van der Waals surface area contributed by atoms with E-state index in [9.17, 15) is 23.1 Å². The van der Waals surface area contributed by atoms with Crippen molar-refractivity contribution in [3.8, 4) is 34.5 Å². The van der Waals surface area contributed by atoms with Crippen LogP contribution in [0.4, 0.5) is 38.0 Å². The fourth-order valence-electron chi connectivity index (χ4n) is 11.7. The highest BCUT2D eigenvalue weighted by Gasteiger charge is 2.53. The Hall–Kier alpha value is -9.32. The summed E-state index contributed by atoms with van der Waals surface area (Å²) in [6.07, 6.45) is -12.2. The molecule has 0 saturated heterocycles. The van der Waals surface area contributed by atoms with Crippen molar-refractivity contribution in [2.75, 3.05) is 48.0 Å². The van der Waals surface area contributed by atoms with Gasteiger partial charge in [0.05, 0.1) is 70.1 Å². The quantitative estimate of drug-likeness (QED) is 0.0757. The summed E-state index contributed by atoms with van der Waals surface area (Å²) in [5.41, 5.74) is 0.302. The molecule has 1 atom stereocenters. The number of nitrogens with one attached hydrogen (secondary N) is 2. The number of carboxylic acids is 1. The van der Waals surface area contributed by atoms with Crippen LogP contribution in [0.2, 0.25) is 0 Å². The number of hydrazone groups is 2. The third kappa shape index (κ3) is 6.56. The van der Waals surface area contributed by atoms with Crippen molar-refractivity contribution in [2.45, 2.75) is 18.5 Å². The number of ether oxygens (including phenoxy) is 6. The number of carbonyl (C=O) groups is 1. The van der Waals surface area contributed by atoms with Crippen molar-refractivity contribution < 1.29 is 74.0 Å². The van der Waals surface area contributed by atoms with E-state index in [1.54, 1.807) is 43.2 Å². The molecule has 4 aliphatic heterocycles. The first-order valence-corrected chi connectivity index (χ1v) is 24.9. The maximum absolute atomic E-state index is 16.1. The number of carboxylic acid groups (broad SMARTS) is 1. The largest absolute Gasteiger partial charge is 0.496 e. The zero-order valence-corrected chi connectivity index (χ0v) is 43.5. The number of methoxy groups -OCH3 is 6. The molecular weight excluding hydrogens is 1060 g/mol. The van der Waals surface area contributed by atoms with Gasteiger partial charge in [-0.2, -0.15) is 31.3 Å². The second kappa shape index (κ2) is 17.1. The topological polar surface area (TPSA) is 170 Å². The van der Waals surface area contributed by atoms with Gasteiger partial charge in [0.1, 0.15) is 72.6 Å². The van der Waals surface area contributed by atoms with Gasteiger partial charge in [0.25, 0.3) is 17.1 Å². The number of thiophene rings is 1. The molecule has 400 valence electrons. The molecule has 4 aliphatic rings. The number of nitrogens with zero attached hydrogens (tertiary/aromatic N) is 7. The second-order valence-corrected chi connectivity index (χ2v) is 19.7. The molecule has 0 fully saturated rings. The lowest BCUT2D eigenvalue weighted by Crippen LogP contribution is -2.47. The minimum Gasteiger partial charge on any atom is -0.496 e. The van der Waals surface area contributed by atoms with Crippen molar-refractivity contribution in [3.63, 3.8) is 0 Å². The average molecular weight is 1100 g/mol. The number of rotatable bonds is 8. The van der Waals surface area contributed by atoms with Crippen LogP contribution < -0.4 is 50.2 Å². The Morgan fingerprint density at radius 3 is 1.65 bits per heavy atom. The Kier molecular flexibility index (Phi) is 10.7. The van der Waals surface area contributed by atoms with Crippen molar-refractivity contribution >= 4 is 106 Å². The summed E-state index contributed by atoms with van der Waals surface area (Å²) < 4.78 is 136. The summed E-state index contributed by atoms with van der Waals surface area (Å²) in [6, 6.07) is 22.0. The standard InChI is InChI=1S/C55H39F6N9O8S/c1-67-45-30-31(39(74-4)23-16-10-9-15-22(23)38(30)73-3)46(67)63-49-34-35(43(78-8)27-20-14-13-19-26(27)42(34)77-7)51-65-52-44-36(37(55(59,60)61)29(79-44)21-28(53(71)72)54(56,57)58)47(68(52)2)64-50-33-32(48(62-45)69(50)66-70(49)51)40(75-5)24-17-11-12-18-25(24)41(33)76-6/h9-21,48H,1-8H3,(H-,62,65,66,71,72)/p+2. The van der Waals surface area contributed by atoms with Gasteiger partial charge in [0.15, 0.2) is 0 Å². The fourth-order valence-corrected chi connectivity index (χ4v) is 13.0. The molecule has 6 aromatic carbocycles. The van der Waals surface area contributed by atoms with Crippen molar-refractivity contribution in [1.29, 1.82) is 0 Å². The zero-order chi connectivity index (χ0) is 55.5. The van der Waals surface area contributed by atoms with E-state index in [-0.39, 0.29) is 67.7 Å². The van der Waals surface area contributed by atoms with E-state index in [0.717, 1.165) is 0 Å². The summed E-state index contributed by atoms with van der Waals surface area (Å²) >= 11 is 0.277. The first kappa shape index (κ1) is 49.3. The number of hydrazine groups is 2. The molecule has 6 bridgehead atoms. The van der Waals surface area contributed by atoms with Gasteiger partial charge in [0, 0.05) is 51.3 Å². The van der Waals surface area contributed by atoms with Crippen molar-refractivity contribution in [3.05, 3.63) is 122 Å².